The summed E-state index contributed by atoms with van der Waals surface area (Å²) in [5, 5.41) is 13.1. The van der Waals surface area contributed by atoms with Crippen LogP contribution in [0.1, 0.15) is 99.3 Å². The van der Waals surface area contributed by atoms with E-state index in [9.17, 15) is 9.90 Å². The molecule has 5 aromatic rings. The van der Waals surface area contributed by atoms with Crippen LogP contribution in [0.15, 0.2) is 77.3 Å². The number of furan rings is 1. The van der Waals surface area contributed by atoms with Crippen LogP contribution >= 0.6 is 0 Å². The SMILES string of the molecule is CC(C)Cc1cc2cc(-c3cc(-c4[c-]c5ccccc5c(C(C)(C)C)c4)ncn3)cnc2o1.CCC(CC)C(=O)/C=C(\O)C(CC)CC.[Ir]. The molecule has 1 radical (unpaired) electrons. The molecular weight excluding hydrogens is 787 g/mol. The van der Waals surface area contributed by atoms with Crippen LogP contribution in [0.2, 0.25) is 0 Å². The summed E-state index contributed by atoms with van der Waals surface area (Å²) in [6.07, 6.45) is 9.25. The molecule has 0 saturated carbocycles. The molecule has 0 atom stereocenters. The fraction of sp³-hybridized carbons (Fsp3) is 0.429. The zero-order chi connectivity index (χ0) is 35.0. The molecule has 0 saturated heterocycles. The molecule has 263 valence electrons. The van der Waals surface area contributed by atoms with Gasteiger partial charge in [-0.1, -0.05) is 91.5 Å². The van der Waals surface area contributed by atoms with Crippen molar-refractivity contribution in [2.24, 2.45) is 17.8 Å². The van der Waals surface area contributed by atoms with E-state index in [0.29, 0.717) is 11.6 Å². The Hall–Kier alpha value is -3.67. The van der Waals surface area contributed by atoms with E-state index in [1.54, 1.807) is 6.33 Å². The van der Waals surface area contributed by atoms with Gasteiger partial charge in [-0.15, -0.1) is 29.1 Å². The first-order chi connectivity index (χ1) is 22.9. The Labute approximate surface area is 306 Å². The van der Waals surface area contributed by atoms with E-state index >= 15 is 0 Å². The molecule has 0 fully saturated rings. The van der Waals surface area contributed by atoms with Crippen molar-refractivity contribution in [2.75, 3.05) is 0 Å². The van der Waals surface area contributed by atoms with Gasteiger partial charge in [-0.3, -0.25) is 9.78 Å². The summed E-state index contributed by atoms with van der Waals surface area (Å²) in [7, 11) is 0. The predicted octanol–water partition coefficient (Wildman–Crippen LogP) is 11.3. The largest absolute Gasteiger partial charge is 0.512 e. The number of aliphatic hydroxyl groups is 1. The maximum absolute atomic E-state index is 11.7. The number of rotatable bonds is 11. The van der Waals surface area contributed by atoms with Crippen LogP contribution in [0, 0.1) is 23.8 Å². The molecule has 49 heavy (non-hydrogen) atoms. The minimum absolute atomic E-state index is 0. The Morgan fingerprint density at radius 1 is 0.898 bits per heavy atom. The number of benzene rings is 2. The first-order valence-corrected chi connectivity index (χ1v) is 17.5. The number of ketones is 1. The Morgan fingerprint density at radius 3 is 2.18 bits per heavy atom. The van der Waals surface area contributed by atoms with Crippen LogP contribution in [-0.4, -0.2) is 25.8 Å². The van der Waals surface area contributed by atoms with Crippen molar-refractivity contribution in [3.05, 3.63) is 90.3 Å². The van der Waals surface area contributed by atoms with E-state index < -0.39 is 0 Å². The molecular formula is C42H52IrN3O3-. The molecule has 0 amide bonds. The van der Waals surface area contributed by atoms with Gasteiger partial charge in [0.15, 0.2) is 5.78 Å². The zero-order valence-electron chi connectivity index (χ0n) is 30.6. The van der Waals surface area contributed by atoms with Crippen LogP contribution in [0.25, 0.3) is 44.4 Å². The quantitative estimate of drug-likeness (QED) is 0.0810. The van der Waals surface area contributed by atoms with E-state index in [1.165, 1.54) is 17.0 Å². The average Bonchev–Trinajstić information content (AvgIpc) is 3.46. The van der Waals surface area contributed by atoms with E-state index in [4.69, 9.17) is 4.42 Å². The Morgan fingerprint density at radius 2 is 1.55 bits per heavy atom. The summed E-state index contributed by atoms with van der Waals surface area (Å²) < 4.78 is 5.90. The fourth-order valence-electron chi connectivity index (χ4n) is 6.06. The monoisotopic (exact) mass is 839 g/mol. The smallest absolute Gasteiger partial charge is 0.226 e. The maximum Gasteiger partial charge on any atom is 0.226 e. The summed E-state index contributed by atoms with van der Waals surface area (Å²) in [4.78, 5) is 25.4. The van der Waals surface area contributed by atoms with Crippen LogP contribution < -0.4 is 0 Å². The molecule has 2 aromatic carbocycles. The number of allylic oxidation sites excluding steroid dienone is 2. The van der Waals surface area contributed by atoms with Gasteiger partial charge in [-0.05, 0) is 55.2 Å². The molecule has 0 unspecified atom stereocenters. The van der Waals surface area contributed by atoms with Crippen molar-refractivity contribution in [1.82, 2.24) is 15.0 Å². The van der Waals surface area contributed by atoms with Crippen molar-refractivity contribution in [3.63, 3.8) is 0 Å². The average molecular weight is 839 g/mol. The summed E-state index contributed by atoms with van der Waals surface area (Å²) in [5.41, 5.74) is 5.55. The molecule has 7 heteroatoms. The second-order valence-corrected chi connectivity index (χ2v) is 14.1. The van der Waals surface area contributed by atoms with Gasteiger partial charge in [0, 0.05) is 67.3 Å². The molecule has 0 aliphatic rings. The third-order valence-corrected chi connectivity index (χ3v) is 8.94. The van der Waals surface area contributed by atoms with Gasteiger partial charge in [0.1, 0.15) is 12.1 Å². The third-order valence-electron chi connectivity index (χ3n) is 8.94. The van der Waals surface area contributed by atoms with Gasteiger partial charge in [-0.25, -0.2) is 9.97 Å². The van der Waals surface area contributed by atoms with Crippen LogP contribution in [0.3, 0.4) is 0 Å². The van der Waals surface area contributed by atoms with Crippen molar-refractivity contribution < 1.29 is 34.4 Å². The summed E-state index contributed by atoms with van der Waals surface area (Å²) in [6.45, 7) is 19.2. The van der Waals surface area contributed by atoms with Crippen molar-refractivity contribution in [2.45, 2.75) is 99.8 Å². The molecule has 0 spiro atoms. The van der Waals surface area contributed by atoms with Crippen LogP contribution in [0.5, 0.6) is 0 Å². The van der Waals surface area contributed by atoms with Gasteiger partial charge < -0.3 is 9.52 Å². The van der Waals surface area contributed by atoms with Gasteiger partial charge in [0.2, 0.25) is 5.71 Å². The number of hydrogen-bond donors (Lipinski definition) is 1. The zero-order valence-corrected chi connectivity index (χ0v) is 33.0. The summed E-state index contributed by atoms with van der Waals surface area (Å²) in [5.74, 6) is 2.05. The second-order valence-electron chi connectivity index (χ2n) is 14.1. The molecule has 3 aromatic heterocycles. The molecule has 5 rings (SSSR count). The normalized spacial score (nSPS) is 12.0. The van der Waals surface area contributed by atoms with Crippen LogP contribution in [0.4, 0.5) is 0 Å². The summed E-state index contributed by atoms with van der Waals surface area (Å²) >= 11 is 0. The number of nitrogens with zero attached hydrogens (tertiary/aromatic N) is 3. The Kier molecular flexibility index (Phi) is 14.5. The van der Waals surface area contributed by atoms with Gasteiger partial charge in [-0.2, -0.15) is 0 Å². The second kappa shape index (κ2) is 17.8. The maximum atomic E-state index is 11.7. The summed E-state index contributed by atoms with van der Waals surface area (Å²) in [6, 6.07) is 20.4. The number of hydrogen-bond acceptors (Lipinski definition) is 6. The standard InChI is InChI=1S/C29H28N3O.C13H24O2.Ir/c1-18(2)10-23-13-21-12-22(16-30-28(21)33-23)27-15-26(31-17-32-27)20-11-19-8-6-7-9-24(19)25(14-20)29(3,4)5;1-5-10(6-2)12(14)9-13(15)11(7-3)8-4;/h6-9,12-18H,10H2,1-5H3;9-11,14H,5-8H2,1-4H3;/q-1;;/b;12-9-;. The Bertz CT molecular complexity index is 1860. The molecule has 1 N–H and O–H groups in total. The number of carbonyl (C=O) groups excluding carboxylic acids is 1. The van der Waals surface area contributed by atoms with E-state index in [0.717, 1.165) is 71.2 Å². The fourth-order valence-corrected chi connectivity index (χ4v) is 6.06. The molecule has 0 aliphatic heterocycles. The van der Waals surface area contributed by atoms with E-state index in [-0.39, 0.29) is 48.9 Å². The minimum atomic E-state index is 0. The van der Waals surface area contributed by atoms with Gasteiger partial charge in [0.25, 0.3) is 0 Å². The third kappa shape index (κ3) is 10.2. The van der Waals surface area contributed by atoms with Crippen LogP contribution in [-0.2, 0) is 36.7 Å². The molecule has 0 bridgehead atoms. The molecule has 0 aliphatic carbocycles. The number of fused-ring (bicyclic) bond motifs is 2. The van der Waals surface area contributed by atoms with Gasteiger partial charge >= 0.3 is 0 Å². The minimum Gasteiger partial charge on any atom is -0.512 e. The van der Waals surface area contributed by atoms with E-state index in [2.05, 4.69) is 98.1 Å². The number of pyridine rings is 1. The Balaban J connectivity index is 0.000000347. The molecule has 3 heterocycles. The van der Waals surface area contributed by atoms with Crippen molar-refractivity contribution in [1.29, 1.82) is 0 Å². The topological polar surface area (TPSA) is 89.1 Å². The number of aromatic nitrogens is 3. The number of aliphatic hydroxyl groups excluding tert-OH is 1. The first-order valence-electron chi connectivity index (χ1n) is 17.5. The predicted molar refractivity (Wildman–Crippen MR) is 198 cm³/mol. The molecule has 6 nitrogen and oxygen atoms in total. The van der Waals surface area contributed by atoms with E-state index in [1.807, 2.05) is 40.0 Å². The van der Waals surface area contributed by atoms with Gasteiger partial charge in [0.05, 0.1) is 11.5 Å². The first kappa shape index (κ1) is 39.8. The number of carbonyl (C=O) groups is 1. The van der Waals surface area contributed by atoms with Crippen molar-refractivity contribution >= 4 is 27.7 Å². The van der Waals surface area contributed by atoms with Crippen molar-refractivity contribution in [3.8, 4) is 22.5 Å².